The summed E-state index contributed by atoms with van der Waals surface area (Å²) in [5, 5.41) is 0. The molecule has 0 spiro atoms. The Morgan fingerprint density at radius 3 is 2.60 bits per heavy atom. The number of hydrogen-bond acceptors (Lipinski definition) is 2. The van der Waals surface area contributed by atoms with Crippen LogP contribution in [0.1, 0.15) is 57.1 Å². The van der Waals surface area contributed by atoms with Crippen molar-refractivity contribution < 1.29 is 4.74 Å². The summed E-state index contributed by atoms with van der Waals surface area (Å²) in [7, 11) is 1.71. The molecule has 0 radical (unpaired) electrons. The maximum absolute atomic E-state index is 6.79. The molecule has 2 atom stereocenters. The third-order valence-corrected chi connectivity index (χ3v) is 5.07. The van der Waals surface area contributed by atoms with Crippen molar-refractivity contribution in [3.63, 3.8) is 0 Å². The lowest BCUT2D eigenvalue weighted by Crippen LogP contribution is -2.36. The molecular weight excluding hydrogens is 246 g/mol. The Morgan fingerprint density at radius 2 is 2.00 bits per heavy atom. The standard InChI is InChI=1S/C18H29NO/c1-13(2)15-6-5-10-18(19,11-9-15)17-8-7-16(20-4)12-14(17)3/h7-8,12-13,15H,5-6,9-11,19H2,1-4H3. The number of nitrogens with two attached hydrogens (primary N) is 1. The van der Waals surface area contributed by atoms with Crippen LogP contribution in [0, 0.1) is 18.8 Å². The van der Waals surface area contributed by atoms with Gasteiger partial charge in [-0.3, -0.25) is 0 Å². The Bertz CT molecular complexity index is 455. The predicted molar refractivity (Wildman–Crippen MR) is 85.0 cm³/mol. The van der Waals surface area contributed by atoms with Crippen LogP contribution in [0.5, 0.6) is 5.75 Å². The molecule has 20 heavy (non-hydrogen) atoms. The molecule has 0 aliphatic heterocycles. The summed E-state index contributed by atoms with van der Waals surface area (Å²) in [5.74, 6) is 2.52. The Hall–Kier alpha value is -1.02. The molecule has 0 saturated heterocycles. The molecule has 0 amide bonds. The average Bonchev–Trinajstić information content (AvgIpc) is 2.61. The minimum Gasteiger partial charge on any atom is -0.497 e. The Morgan fingerprint density at radius 1 is 1.25 bits per heavy atom. The largest absolute Gasteiger partial charge is 0.497 e. The Labute approximate surface area is 123 Å². The molecule has 1 aromatic carbocycles. The fourth-order valence-corrected chi connectivity index (χ4v) is 3.65. The SMILES string of the molecule is COc1ccc(C2(N)CCCC(C(C)C)CC2)c(C)c1. The van der Waals surface area contributed by atoms with E-state index in [-0.39, 0.29) is 5.54 Å². The van der Waals surface area contributed by atoms with E-state index in [1.807, 2.05) is 6.07 Å². The highest BCUT2D eigenvalue weighted by Crippen LogP contribution is 2.39. The van der Waals surface area contributed by atoms with Crippen molar-refractivity contribution in [3.05, 3.63) is 29.3 Å². The molecule has 0 heterocycles. The minimum absolute atomic E-state index is 0.153. The third-order valence-electron chi connectivity index (χ3n) is 5.07. The number of aryl methyl sites for hydroxylation is 1. The van der Waals surface area contributed by atoms with Gasteiger partial charge < -0.3 is 10.5 Å². The molecule has 1 saturated carbocycles. The van der Waals surface area contributed by atoms with E-state index in [1.54, 1.807) is 7.11 Å². The lowest BCUT2D eigenvalue weighted by molar-refractivity contribution is 0.324. The van der Waals surface area contributed by atoms with Gasteiger partial charge in [0.05, 0.1) is 7.11 Å². The van der Waals surface area contributed by atoms with Crippen molar-refractivity contribution in [2.75, 3.05) is 7.11 Å². The Balaban J connectivity index is 2.22. The molecule has 1 aromatic rings. The molecule has 0 bridgehead atoms. The number of ether oxygens (including phenoxy) is 1. The molecule has 112 valence electrons. The van der Waals surface area contributed by atoms with E-state index in [4.69, 9.17) is 10.5 Å². The highest BCUT2D eigenvalue weighted by atomic mass is 16.5. The summed E-state index contributed by atoms with van der Waals surface area (Å²) in [4.78, 5) is 0. The Kier molecular flexibility index (Phi) is 4.74. The van der Waals surface area contributed by atoms with Crippen LogP contribution in [-0.2, 0) is 5.54 Å². The zero-order valence-corrected chi connectivity index (χ0v) is 13.4. The molecule has 1 aliphatic carbocycles. The predicted octanol–water partition coefficient (Wildman–Crippen LogP) is 4.39. The van der Waals surface area contributed by atoms with Crippen LogP contribution in [0.25, 0.3) is 0 Å². The zero-order valence-electron chi connectivity index (χ0n) is 13.4. The van der Waals surface area contributed by atoms with Gasteiger partial charge in [-0.05, 0) is 61.3 Å². The first-order valence-electron chi connectivity index (χ1n) is 7.90. The topological polar surface area (TPSA) is 35.2 Å². The van der Waals surface area contributed by atoms with E-state index in [2.05, 4.69) is 32.9 Å². The lowest BCUT2D eigenvalue weighted by Gasteiger charge is -2.31. The smallest absolute Gasteiger partial charge is 0.119 e. The summed E-state index contributed by atoms with van der Waals surface area (Å²) in [6, 6.07) is 6.32. The van der Waals surface area contributed by atoms with Crippen molar-refractivity contribution >= 4 is 0 Å². The molecule has 1 aliphatic rings. The maximum Gasteiger partial charge on any atom is 0.119 e. The summed E-state index contributed by atoms with van der Waals surface area (Å²) >= 11 is 0. The van der Waals surface area contributed by atoms with Crippen LogP contribution < -0.4 is 10.5 Å². The normalized spacial score (nSPS) is 27.4. The molecule has 2 N–H and O–H groups in total. The van der Waals surface area contributed by atoms with E-state index in [1.165, 1.54) is 30.4 Å². The molecule has 2 unspecified atom stereocenters. The molecule has 1 fully saturated rings. The highest BCUT2D eigenvalue weighted by Gasteiger charge is 2.32. The van der Waals surface area contributed by atoms with Gasteiger partial charge in [-0.15, -0.1) is 0 Å². The second kappa shape index (κ2) is 6.17. The van der Waals surface area contributed by atoms with E-state index in [0.717, 1.165) is 30.4 Å². The van der Waals surface area contributed by atoms with Crippen LogP contribution in [0.2, 0.25) is 0 Å². The molecule has 2 heteroatoms. The average molecular weight is 275 g/mol. The van der Waals surface area contributed by atoms with Crippen molar-refractivity contribution in [2.24, 2.45) is 17.6 Å². The lowest BCUT2D eigenvalue weighted by atomic mass is 9.80. The summed E-state index contributed by atoms with van der Waals surface area (Å²) < 4.78 is 5.30. The number of rotatable bonds is 3. The number of benzene rings is 1. The van der Waals surface area contributed by atoms with Gasteiger partial charge in [0.15, 0.2) is 0 Å². The molecule has 0 aromatic heterocycles. The van der Waals surface area contributed by atoms with Crippen LogP contribution in [-0.4, -0.2) is 7.11 Å². The van der Waals surface area contributed by atoms with E-state index in [0.29, 0.717) is 0 Å². The van der Waals surface area contributed by atoms with Crippen LogP contribution in [0.3, 0.4) is 0 Å². The monoisotopic (exact) mass is 275 g/mol. The van der Waals surface area contributed by atoms with E-state index in [9.17, 15) is 0 Å². The molecule has 2 rings (SSSR count). The van der Waals surface area contributed by atoms with E-state index < -0.39 is 0 Å². The van der Waals surface area contributed by atoms with Gasteiger partial charge in [-0.25, -0.2) is 0 Å². The highest BCUT2D eigenvalue weighted by molar-refractivity contribution is 5.39. The third kappa shape index (κ3) is 3.17. The fourth-order valence-electron chi connectivity index (χ4n) is 3.65. The number of methoxy groups -OCH3 is 1. The van der Waals surface area contributed by atoms with Crippen molar-refractivity contribution in [3.8, 4) is 5.75 Å². The summed E-state index contributed by atoms with van der Waals surface area (Å²) in [6.07, 6.45) is 6.02. The fraction of sp³-hybridized carbons (Fsp3) is 0.667. The van der Waals surface area contributed by atoms with Crippen LogP contribution in [0.4, 0.5) is 0 Å². The van der Waals surface area contributed by atoms with Crippen molar-refractivity contribution in [2.45, 2.75) is 58.4 Å². The minimum atomic E-state index is -0.153. The summed E-state index contributed by atoms with van der Waals surface area (Å²) in [5.41, 5.74) is 9.21. The van der Waals surface area contributed by atoms with Gasteiger partial charge in [-0.1, -0.05) is 32.8 Å². The second-order valence-corrected chi connectivity index (χ2v) is 6.77. The van der Waals surface area contributed by atoms with Gasteiger partial charge in [0.1, 0.15) is 5.75 Å². The molecule has 2 nitrogen and oxygen atoms in total. The van der Waals surface area contributed by atoms with Gasteiger partial charge in [-0.2, -0.15) is 0 Å². The quantitative estimate of drug-likeness (QED) is 0.830. The maximum atomic E-state index is 6.79. The first kappa shape index (κ1) is 15.4. The van der Waals surface area contributed by atoms with E-state index >= 15 is 0 Å². The zero-order chi connectivity index (χ0) is 14.8. The van der Waals surface area contributed by atoms with Crippen molar-refractivity contribution in [1.29, 1.82) is 0 Å². The summed E-state index contributed by atoms with van der Waals surface area (Å²) in [6.45, 7) is 6.83. The second-order valence-electron chi connectivity index (χ2n) is 6.77. The van der Waals surface area contributed by atoms with Gasteiger partial charge in [0.25, 0.3) is 0 Å². The van der Waals surface area contributed by atoms with Crippen LogP contribution in [0.15, 0.2) is 18.2 Å². The van der Waals surface area contributed by atoms with Gasteiger partial charge >= 0.3 is 0 Å². The first-order chi connectivity index (χ1) is 9.46. The first-order valence-corrected chi connectivity index (χ1v) is 7.90. The van der Waals surface area contributed by atoms with Gasteiger partial charge in [0, 0.05) is 5.54 Å². The van der Waals surface area contributed by atoms with Gasteiger partial charge in [0.2, 0.25) is 0 Å². The van der Waals surface area contributed by atoms with Crippen LogP contribution >= 0.6 is 0 Å². The van der Waals surface area contributed by atoms with Crippen molar-refractivity contribution in [1.82, 2.24) is 0 Å². The molecular formula is C18H29NO. The number of hydrogen-bond donors (Lipinski definition) is 1.